The fourth-order valence-electron chi connectivity index (χ4n) is 2.25. The smallest absolute Gasteiger partial charge is 0.171 e. The molecular formula is C17H21N3S. The minimum atomic E-state index is 0.648. The number of aromatic nitrogens is 1. The van der Waals surface area contributed by atoms with Crippen LogP contribution in [0.4, 0.5) is 5.69 Å². The van der Waals surface area contributed by atoms with E-state index in [1.165, 1.54) is 11.1 Å². The van der Waals surface area contributed by atoms with Crippen molar-refractivity contribution in [3.8, 4) is 0 Å². The number of nitrogens with one attached hydrogen (secondary N) is 2. The van der Waals surface area contributed by atoms with Crippen LogP contribution in [0.25, 0.3) is 0 Å². The molecule has 0 saturated heterocycles. The number of thiocarbonyl (C=S) groups is 1. The molecule has 3 nitrogen and oxygen atoms in total. The lowest BCUT2D eigenvalue weighted by Gasteiger charge is -2.16. The second-order valence-electron chi connectivity index (χ2n) is 4.83. The largest absolute Gasteiger partial charge is 0.358 e. The molecule has 0 unspecified atom stereocenters. The van der Waals surface area contributed by atoms with E-state index < -0.39 is 0 Å². The highest BCUT2D eigenvalue weighted by atomic mass is 32.1. The third-order valence-corrected chi connectivity index (χ3v) is 3.66. The van der Waals surface area contributed by atoms with Gasteiger partial charge in [0.1, 0.15) is 0 Å². The first kappa shape index (κ1) is 15.4. The molecule has 0 spiro atoms. The minimum Gasteiger partial charge on any atom is -0.358 e. The van der Waals surface area contributed by atoms with Gasteiger partial charge >= 0.3 is 0 Å². The number of hydrogen-bond donors (Lipinski definition) is 2. The minimum absolute atomic E-state index is 0.648. The zero-order chi connectivity index (χ0) is 15.1. The van der Waals surface area contributed by atoms with Gasteiger partial charge in [-0.2, -0.15) is 0 Å². The maximum atomic E-state index is 5.41. The summed E-state index contributed by atoms with van der Waals surface area (Å²) in [6.07, 6.45) is 5.58. The lowest BCUT2D eigenvalue weighted by atomic mass is 10.0. The highest BCUT2D eigenvalue weighted by molar-refractivity contribution is 7.80. The lowest BCUT2D eigenvalue weighted by molar-refractivity contribution is 0.915. The summed E-state index contributed by atoms with van der Waals surface area (Å²) in [5.74, 6) is 0. The van der Waals surface area contributed by atoms with Crippen molar-refractivity contribution in [2.24, 2.45) is 0 Å². The van der Waals surface area contributed by atoms with Gasteiger partial charge in [-0.25, -0.2) is 0 Å². The molecule has 0 saturated carbocycles. The third kappa shape index (κ3) is 4.26. The monoisotopic (exact) mass is 299 g/mol. The summed E-state index contributed by atoms with van der Waals surface area (Å²) in [4.78, 5) is 4.10. The summed E-state index contributed by atoms with van der Waals surface area (Å²) < 4.78 is 0. The highest BCUT2D eigenvalue weighted by Crippen LogP contribution is 2.22. The summed E-state index contributed by atoms with van der Waals surface area (Å²) in [7, 11) is 0. The second kappa shape index (κ2) is 7.74. The first-order valence-corrected chi connectivity index (χ1v) is 7.70. The van der Waals surface area contributed by atoms with E-state index in [9.17, 15) is 0 Å². The average Bonchev–Trinajstić information content (AvgIpc) is 2.54. The second-order valence-corrected chi connectivity index (χ2v) is 5.24. The Morgan fingerprint density at radius 2 is 1.81 bits per heavy atom. The molecule has 2 rings (SSSR count). The fourth-order valence-corrected chi connectivity index (χ4v) is 2.42. The van der Waals surface area contributed by atoms with Crippen LogP contribution in [0.15, 0.2) is 42.7 Å². The first-order valence-electron chi connectivity index (χ1n) is 7.29. The van der Waals surface area contributed by atoms with E-state index in [-0.39, 0.29) is 0 Å². The van der Waals surface area contributed by atoms with Crippen LogP contribution in [0, 0.1) is 0 Å². The highest BCUT2D eigenvalue weighted by Gasteiger charge is 2.07. The molecule has 1 aromatic carbocycles. The molecule has 2 aromatic rings. The molecule has 0 atom stereocenters. The Balaban J connectivity index is 2.02. The van der Waals surface area contributed by atoms with Crippen LogP contribution in [0.5, 0.6) is 0 Å². The van der Waals surface area contributed by atoms with Crippen LogP contribution in [0.1, 0.15) is 30.5 Å². The zero-order valence-corrected chi connectivity index (χ0v) is 13.3. The quantitative estimate of drug-likeness (QED) is 0.826. The molecule has 0 bridgehead atoms. The Labute approximate surface area is 131 Å². The maximum Gasteiger partial charge on any atom is 0.171 e. The van der Waals surface area contributed by atoms with Gasteiger partial charge < -0.3 is 10.6 Å². The third-order valence-electron chi connectivity index (χ3n) is 3.41. The number of hydrogen-bond acceptors (Lipinski definition) is 2. The maximum absolute atomic E-state index is 5.41. The van der Waals surface area contributed by atoms with Crippen LogP contribution in [0.3, 0.4) is 0 Å². The molecule has 0 aliphatic heterocycles. The van der Waals surface area contributed by atoms with Gasteiger partial charge in [0, 0.05) is 24.6 Å². The fraction of sp³-hybridized carbons (Fsp3) is 0.294. The normalized spacial score (nSPS) is 10.2. The number of para-hydroxylation sites is 1. The van der Waals surface area contributed by atoms with E-state index in [2.05, 4.69) is 47.7 Å². The molecule has 0 amide bonds. The SMILES string of the molecule is CCc1cccc(CC)c1NC(=S)NCc1cccnc1. The molecular weight excluding hydrogens is 278 g/mol. The lowest BCUT2D eigenvalue weighted by Crippen LogP contribution is -2.28. The van der Waals surface area contributed by atoms with Crippen molar-refractivity contribution in [3.05, 3.63) is 59.4 Å². The van der Waals surface area contributed by atoms with Gasteiger partial charge in [0.15, 0.2) is 5.11 Å². The van der Waals surface area contributed by atoms with E-state index in [0.29, 0.717) is 11.7 Å². The van der Waals surface area contributed by atoms with Gasteiger partial charge in [0.2, 0.25) is 0 Å². The van der Waals surface area contributed by atoms with Crippen LogP contribution < -0.4 is 10.6 Å². The van der Waals surface area contributed by atoms with Gasteiger partial charge in [-0.05, 0) is 47.8 Å². The zero-order valence-electron chi connectivity index (χ0n) is 12.5. The van der Waals surface area contributed by atoms with E-state index in [4.69, 9.17) is 12.2 Å². The number of rotatable bonds is 5. The van der Waals surface area contributed by atoms with Gasteiger partial charge in [-0.3, -0.25) is 4.98 Å². The summed E-state index contributed by atoms with van der Waals surface area (Å²) in [6.45, 7) is 4.99. The van der Waals surface area contributed by atoms with Crippen molar-refractivity contribution >= 4 is 23.0 Å². The van der Waals surface area contributed by atoms with Crippen molar-refractivity contribution in [3.63, 3.8) is 0 Å². The molecule has 0 aliphatic carbocycles. The summed E-state index contributed by atoms with van der Waals surface area (Å²) in [5, 5.41) is 7.23. The van der Waals surface area contributed by atoms with Crippen molar-refractivity contribution in [2.45, 2.75) is 33.2 Å². The van der Waals surface area contributed by atoms with Crippen LogP contribution in [0.2, 0.25) is 0 Å². The standard InChI is InChI=1S/C17H21N3S/c1-3-14-8-5-9-15(4-2)16(14)20-17(21)19-12-13-7-6-10-18-11-13/h5-11H,3-4,12H2,1-2H3,(H2,19,20,21). The molecule has 110 valence electrons. The van der Waals surface area contributed by atoms with Gasteiger partial charge in [-0.15, -0.1) is 0 Å². The van der Waals surface area contributed by atoms with Gasteiger partial charge in [0.05, 0.1) is 0 Å². The number of pyridine rings is 1. The van der Waals surface area contributed by atoms with Gasteiger partial charge in [-0.1, -0.05) is 38.1 Å². The van der Waals surface area contributed by atoms with Crippen LogP contribution >= 0.6 is 12.2 Å². The Morgan fingerprint density at radius 3 is 2.38 bits per heavy atom. The van der Waals surface area contributed by atoms with Crippen molar-refractivity contribution < 1.29 is 0 Å². The molecule has 1 heterocycles. The average molecular weight is 299 g/mol. The predicted octanol–water partition coefficient (Wildman–Crippen LogP) is 3.69. The summed E-state index contributed by atoms with van der Waals surface area (Å²) in [6, 6.07) is 10.3. The Bertz CT molecular complexity index is 574. The molecule has 4 heteroatoms. The summed E-state index contributed by atoms with van der Waals surface area (Å²) >= 11 is 5.41. The van der Waals surface area contributed by atoms with Gasteiger partial charge in [0.25, 0.3) is 0 Å². The van der Waals surface area contributed by atoms with E-state index in [1.807, 2.05) is 18.3 Å². The molecule has 0 radical (unpaired) electrons. The van der Waals surface area contributed by atoms with E-state index in [1.54, 1.807) is 6.20 Å². The van der Waals surface area contributed by atoms with Crippen molar-refractivity contribution in [2.75, 3.05) is 5.32 Å². The number of aryl methyl sites for hydroxylation is 2. The molecule has 1 aromatic heterocycles. The number of anilines is 1. The Kier molecular flexibility index (Phi) is 5.69. The first-order chi connectivity index (χ1) is 10.2. The number of nitrogens with zero attached hydrogens (tertiary/aromatic N) is 1. The topological polar surface area (TPSA) is 37.0 Å². The Hall–Kier alpha value is -1.94. The molecule has 0 fully saturated rings. The molecule has 0 aliphatic rings. The van der Waals surface area contributed by atoms with E-state index >= 15 is 0 Å². The van der Waals surface area contributed by atoms with Crippen molar-refractivity contribution in [1.29, 1.82) is 0 Å². The van der Waals surface area contributed by atoms with Crippen LogP contribution in [-0.4, -0.2) is 10.1 Å². The Morgan fingerprint density at radius 1 is 1.10 bits per heavy atom. The number of benzene rings is 1. The predicted molar refractivity (Wildman–Crippen MR) is 92.5 cm³/mol. The van der Waals surface area contributed by atoms with Crippen molar-refractivity contribution in [1.82, 2.24) is 10.3 Å². The van der Waals surface area contributed by atoms with E-state index in [0.717, 1.165) is 24.1 Å². The molecule has 21 heavy (non-hydrogen) atoms. The molecule has 2 N–H and O–H groups in total. The summed E-state index contributed by atoms with van der Waals surface area (Å²) in [5.41, 5.74) is 4.84. The van der Waals surface area contributed by atoms with Crippen LogP contribution in [-0.2, 0) is 19.4 Å².